The molecule has 1 heterocycles. The minimum Gasteiger partial charge on any atom is -0.480 e. The summed E-state index contributed by atoms with van der Waals surface area (Å²) in [4.78, 5) is 22.0. The molecule has 2 N–H and O–H groups in total. The fourth-order valence-corrected chi connectivity index (χ4v) is 1.12. The first-order chi connectivity index (χ1) is 8.02. The number of nitrogens with one attached hydrogen (secondary N) is 1. The number of aromatic nitrogens is 3. The second-order valence-electron chi connectivity index (χ2n) is 3.92. The number of carbonyl (C=O) groups excluding carboxylic acids is 1. The van der Waals surface area contributed by atoms with Crippen molar-refractivity contribution in [1.29, 1.82) is 0 Å². The van der Waals surface area contributed by atoms with Crippen LogP contribution in [0.1, 0.15) is 30.8 Å². The maximum absolute atomic E-state index is 11.6. The Morgan fingerprint density at radius 1 is 1.59 bits per heavy atom. The molecule has 0 saturated carbocycles. The monoisotopic (exact) mass is 240 g/mol. The second kappa shape index (κ2) is 5.97. The Kier molecular flexibility index (Phi) is 4.62. The van der Waals surface area contributed by atoms with E-state index in [1.54, 1.807) is 0 Å². The molecule has 0 bridgehead atoms. The van der Waals surface area contributed by atoms with Crippen LogP contribution in [-0.2, 0) is 11.3 Å². The Labute approximate surface area is 98.8 Å². The highest BCUT2D eigenvalue weighted by Gasteiger charge is 2.12. The molecule has 0 aliphatic heterocycles. The molecule has 0 aromatic carbocycles. The van der Waals surface area contributed by atoms with E-state index >= 15 is 0 Å². The van der Waals surface area contributed by atoms with E-state index < -0.39 is 5.97 Å². The molecule has 0 aliphatic rings. The lowest BCUT2D eigenvalue weighted by molar-refractivity contribution is -0.137. The number of nitrogens with zero attached hydrogens (tertiary/aromatic N) is 3. The predicted molar refractivity (Wildman–Crippen MR) is 59.4 cm³/mol. The fraction of sp³-hybridized carbons (Fsp3) is 0.600. The summed E-state index contributed by atoms with van der Waals surface area (Å²) in [5, 5.41) is 18.4. The van der Waals surface area contributed by atoms with Crippen LogP contribution >= 0.6 is 0 Å². The number of hydrogen-bond acceptors (Lipinski definition) is 4. The van der Waals surface area contributed by atoms with Gasteiger partial charge >= 0.3 is 5.97 Å². The molecular weight excluding hydrogens is 224 g/mol. The zero-order chi connectivity index (χ0) is 12.8. The summed E-state index contributed by atoms with van der Waals surface area (Å²) < 4.78 is 1.11. The number of amides is 1. The summed E-state index contributed by atoms with van der Waals surface area (Å²) in [7, 11) is 0. The first-order valence-corrected chi connectivity index (χ1v) is 5.43. The van der Waals surface area contributed by atoms with Crippen LogP contribution in [0.4, 0.5) is 0 Å². The van der Waals surface area contributed by atoms with Gasteiger partial charge in [0.15, 0.2) is 5.69 Å². The van der Waals surface area contributed by atoms with E-state index in [4.69, 9.17) is 5.11 Å². The van der Waals surface area contributed by atoms with Gasteiger partial charge in [-0.1, -0.05) is 25.5 Å². The van der Waals surface area contributed by atoms with E-state index in [9.17, 15) is 9.59 Å². The summed E-state index contributed by atoms with van der Waals surface area (Å²) in [5.41, 5.74) is 0.134. The Morgan fingerprint density at radius 3 is 2.88 bits per heavy atom. The van der Waals surface area contributed by atoms with Crippen molar-refractivity contribution < 1.29 is 14.7 Å². The molecule has 1 amide bonds. The molecule has 1 unspecified atom stereocenters. The number of rotatable bonds is 6. The summed E-state index contributed by atoms with van der Waals surface area (Å²) in [6, 6.07) is 0. The van der Waals surface area contributed by atoms with E-state index in [-0.39, 0.29) is 18.1 Å². The molecule has 1 aromatic heterocycles. The standard InChI is InChI=1S/C10H16N4O3/c1-3-7(2)4-11-10(17)8-5-14(13-12-8)6-9(15)16/h5,7H,3-4,6H2,1-2H3,(H,11,17)(H,15,16). The van der Waals surface area contributed by atoms with Crippen LogP contribution < -0.4 is 5.32 Å². The van der Waals surface area contributed by atoms with Crippen molar-refractivity contribution in [3.8, 4) is 0 Å². The molecule has 17 heavy (non-hydrogen) atoms. The average Bonchev–Trinajstić information content (AvgIpc) is 2.72. The topological polar surface area (TPSA) is 97.1 Å². The van der Waals surface area contributed by atoms with Crippen LogP contribution in [-0.4, -0.2) is 38.5 Å². The van der Waals surface area contributed by atoms with Crippen molar-refractivity contribution in [2.24, 2.45) is 5.92 Å². The fourth-order valence-electron chi connectivity index (χ4n) is 1.12. The van der Waals surface area contributed by atoms with Crippen molar-refractivity contribution in [2.45, 2.75) is 26.8 Å². The number of aliphatic carboxylic acids is 1. The second-order valence-corrected chi connectivity index (χ2v) is 3.92. The molecule has 1 atom stereocenters. The number of carboxylic acids is 1. The van der Waals surface area contributed by atoms with Crippen LogP contribution in [0.5, 0.6) is 0 Å². The summed E-state index contributed by atoms with van der Waals surface area (Å²) in [6.07, 6.45) is 2.30. The van der Waals surface area contributed by atoms with Crippen LogP contribution in [0.3, 0.4) is 0 Å². The van der Waals surface area contributed by atoms with Gasteiger partial charge in [-0.05, 0) is 5.92 Å². The Bertz CT molecular complexity index is 402. The third-order valence-electron chi connectivity index (χ3n) is 2.38. The molecule has 7 nitrogen and oxygen atoms in total. The van der Waals surface area contributed by atoms with E-state index in [0.717, 1.165) is 11.1 Å². The van der Waals surface area contributed by atoms with Gasteiger partial charge in [-0.3, -0.25) is 9.59 Å². The third kappa shape index (κ3) is 4.21. The van der Waals surface area contributed by atoms with Crippen LogP contribution in [0.25, 0.3) is 0 Å². The van der Waals surface area contributed by atoms with Crippen molar-refractivity contribution in [3.63, 3.8) is 0 Å². The maximum atomic E-state index is 11.6. The maximum Gasteiger partial charge on any atom is 0.325 e. The molecular formula is C10H16N4O3. The molecule has 0 saturated heterocycles. The Hall–Kier alpha value is -1.92. The van der Waals surface area contributed by atoms with Gasteiger partial charge in [0.05, 0.1) is 6.20 Å². The summed E-state index contributed by atoms with van der Waals surface area (Å²) in [5.74, 6) is -0.962. The van der Waals surface area contributed by atoms with Crippen molar-refractivity contribution in [3.05, 3.63) is 11.9 Å². The van der Waals surface area contributed by atoms with Gasteiger partial charge in [-0.25, -0.2) is 4.68 Å². The average molecular weight is 240 g/mol. The normalized spacial score (nSPS) is 12.1. The zero-order valence-electron chi connectivity index (χ0n) is 9.88. The van der Waals surface area contributed by atoms with Gasteiger partial charge in [0.1, 0.15) is 6.54 Å². The van der Waals surface area contributed by atoms with Crippen LogP contribution in [0, 0.1) is 5.92 Å². The number of carboxylic acid groups (broad SMARTS) is 1. The smallest absolute Gasteiger partial charge is 0.325 e. The minimum absolute atomic E-state index is 0.134. The van der Waals surface area contributed by atoms with Gasteiger partial charge in [-0.15, -0.1) is 5.10 Å². The van der Waals surface area contributed by atoms with Gasteiger partial charge in [0.25, 0.3) is 5.91 Å². The highest BCUT2D eigenvalue weighted by Crippen LogP contribution is 1.99. The molecule has 0 spiro atoms. The Morgan fingerprint density at radius 2 is 2.29 bits per heavy atom. The van der Waals surface area contributed by atoms with Gasteiger partial charge < -0.3 is 10.4 Å². The number of hydrogen-bond donors (Lipinski definition) is 2. The predicted octanol–water partition coefficient (Wildman–Crippen LogP) is 0.139. The van der Waals surface area contributed by atoms with E-state index in [0.29, 0.717) is 12.5 Å². The molecule has 1 aromatic rings. The molecule has 0 fully saturated rings. The zero-order valence-corrected chi connectivity index (χ0v) is 9.88. The quantitative estimate of drug-likeness (QED) is 0.737. The largest absolute Gasteiger partial charge is 0.480 e. The van der Waals surface area contributed by atoms with Gasteiger partial charge in [0.2, 0.25) is 0 Å². The van der Waals surface area contributed by atoms with Crippen molar-refractivity contribution in [1.82, 2.24) is 20.3 Å². The molecule has 7 heteroatoms. The molecule has 1 rings (SSSR count). The van der Waals surface area contributed by atoms with Crippen LogP contribution in [0.2, 0.25) is 0 Å². The lowest BCUT2D eigenvalue weighted by Gasteiger charge is -2.08. The molecule has 0 radical (unpaired) electrons. The molecule has 0 aliphatic carbocycles. The summed E-state index contributed by atoms with van der Waals surface area (Å²) >= 11 is 0. The van der Waals surface area contributed by atoms with E-state index in [1.807, 2.05) is 13.8 Å². The van der Waals surface area contributed by atoms with Crippen molar-refractivity contribution in [2.75, 3.05) is 6.54 Å². The lowest BCUT2D eigenvalue weighted by atomic mass is 10.1. The molecule has 94 valence electrons. The minimum atomic E-state index is -1.03. The lowest BCUT2D eigenvalue weighted by Crippen LogP contribution is -2.28. The van der Waals surface area contributed by atoms with Gasteiger partial charge in [0, 0.05) is 6.54 Å². The third-order valence-corrected chi connectivity index (χ3v) is 2.38. The summed E-state index contributed by atoms with van der Waals surface area (Å²) in [6.45, 7) is 4.34. The first kappa shape index (κ1) is 13.1. The highest BCUT2D eigenvalue weighted by molar-refractivity contribution is 5.91. The van der Waals surface area contributed by atoms with E-state index in [1.165, 1.54) is 6.20 Å². The van der Waals surface area contributed by atoms with E-state index in [2.05, 4.69) is 15.6 Å². The first-order valence-electron chi connectivity index (χ1n) is 5.43. The number of carbonyl (C=O) groups is 2. The Balaban J connectivity index is 2.52. The SMILES string of the molecule is CCC(C)CNC(=O)c1cn(CC(=O)O)nn1. The van der Waals surface area contributed by atoms with Gasteiger partial charge in [-0.2, -0.15) is 0 Å². The van der Waals surface area contributed by atoms with Crippen molar-refractivity contribution >= 4 is 11.9 Å². The van der Waals surface area contributed by atoms with Crippen LogP contribution in [0.15, 0.2) is 6.20 Å². The highest BCUT2D eigenvalue weighted by atomic mass is 16.4.